The van der Waals surface area contributed by atoms with E-state index in [-0.39, 0.29) is 17.9 Å². The maximum Gasteiger partial charge on any atom is 0.253 e. The predicted molar refractivity (Wildman–Crippen MR) is 130 cm³/mol. The maximum atomic E-state index is 13.2. The van der Waals surface area contributed by atoms with Gasteiger partial charge in [0.15, 0.2) is 0 Å². The minimum absolute atomic E-state index is 0.0117. The number of nitrogens with one attached hydrogen (secondary N) is 2. The second kappa shape index (κ2) is 8.64. The number of halogens is 1. The molecular formula is C26H31ClN4O2. The molecule has 2 aliphatic heterocycles. The number of benzene rings is 1. The molecule has 6 nitrogen and oxygen atoms in total. The van der Waals surface area contributed by atoms with Crippen LogP contribution in [0.25, 0.3) is 0 Å². The number of fused-ring (bicyclic) bond motifs is 2. The summed E-state index contributed by atoms with van der Waals surface area (Å²) in [6, 6.07) is 12.6. The number of piperidine rings is 1. The van der Waals surface area contributed by atoms with Gasteiger partial charge in [-0.2, -0.15) is 0 Å². The molecule has 2 aromatic rings. The van der Waals surface area contributed by atoms with Crippen molar-refractivity contribution in [2.75, 3.05) is 4.90 Å². The van der Waals surface area contributed by atoms with Crippen LogP contribution in [0.4, 0.5) is 5.82 Å². The van der Waals surface area contributed by atoms with E-state index in [1.807, 2.05) is 50.2 Å². The highest BCUT2D eigenvalue weighted by molar-refractivity contribution is 6.31. The Balaban J connectivity index is 1.23. The predicted octanol–water partition coefficient (Wildman–Crippen LogP) is 4.22. The molecule has 2 unspecified atom stereocenters. The van der Waals surface area contributed by atoms with E-state index in [1.54, 1.807) is 6.20 Å². The van der Waals surface area contributed by atoms with Crippen molar-refractivity contribution in [3.8, 4) is 0 Å². The van der Waals surface area contributed by atoms with E-state index >= 15 is 0 Å². The molecule has 7 heteroatoms. The first kappa shape index (κ1) is 22.2. The van der Waals surface area contributed by atoms with Gasteiger partial charge in [0, 0.05) is 35.4 Å². The number of hydrogen-bond donors (Lipinski definition) is 2. The molecule has 0 spiro atoms. The van der Waals surface area contributed by atoms with Gasteiger partial charge >= 0.3 is 0 Å². The zero-order chi connectivity index (χ0) is 23.2. The van der Waals surface area contributed by atoms with Gasteiger partial charge < -0.3 is 15.5 Å². The third-order valence-electron chi connectivity index (χ3n) is 7.37. The first-order valence-electron chi connectivity index (χ1n) is 11.9. The van der Waals surface area contributed by atoms with Gasteiger partial charge in [0.25, 0.3) is 5.91 Å². The van der Waals surface area contributed by atoms with Crippen molar-refractivity contribution in [3.05, 3.63) is 58.7 Å². The van der Waals surface area contributed by atoms with Crippen molar-refractivity contribution < 1.29 is 9.59 Å². The molecule has 1 saturated carbocycles. The summed E-state index contributed by atoms with van der Waals surface area (Å²) in [6.07, 6.45) is 7.81. The molecule has 33 heavy (non-hydrogen) atoms. The van der Waals surface area contributed by atoms with Crippen LogP contribution in [-0.4, -0.2) is 41.0 Å². The lowest BCUT2D eigenvalue weighted by molar-refractivity contribution is -0.126. The molecule has 1 aromatic carbocycles. The van der Waals surface area contributed by atoms with Crippen LogP contribution in [0, 0.1) is 0 Å². The van der Waals surface area contributed by atoms with Gasteiger partial charge in [-0.15, -0.1) is 0 Å². The number of amides is 2. The number of pyridine rings is 1. The van der Waals surface area contributed by atoms with Crippen LogP contribution in [0.3, 0.4) is 0 Å². The lowest BCUT2D eigenvalue weighted by Gasteiger charge is -2.41. The first-order chi connectivity index (χ1) is 15.8. The zero-order valence-corrected chi connectivity index (χ0v) is 19.9. The van der Waals surface area contributed by atoms with Gasteiger partial charge in [-0.25, -0.2) is 4.98 Å². The molecule has 0 radical (unpaired) electrons. The van der Waals surface area contributed by atoms with Crippen molar-refractivity contribution in [2.45, 2.75) is 82.0 Å². The fourth-order valence-corrected chi connectivity index (χ4v) is 5.67. The second-order valence-corrected chi connectivity index (χ2v) is 10.6. The summed E-state index contributed by atoms with van der Waals surface area (Å²) in [6.45, 7) is 3.86. The minimum Gasteiger partial charge on any atom is -0.352 e. The SMILES string of the molecule is CC(C)(C(=O)NC1CC2CCC(C1)N2c1ccc(C(=O)NC2CC2)cn1)c1ccccc1Cl. The lowest BCUT2D eigenvalue weighted by Crippen LogP contribution is -2.53. The summed E-state index contributed by atoms with van der Waals surface area (Å²) >= 11 is 6.38. The Morgan fingerprint density at radius 2 is 1.67 bits per heavy atom. The Bertz CT molecular complexity index is 1040. The summed E-state index contributed by atoms with van der Waals surface area (Å²) in [5, 5.41) is 6.94. The molecular weight excluding hydrogens is 436 g/mol. The molecule has 1 aromatic heterocycles. The summed E-state index contributed by atoms with van der Waals surface area (Å²) in [7, 11) is 0. The highest BCUT2D eigenvalue weighted by atomic mass is 35.5. The van der Waals surface area contributed by atoms with Crippen LogP contribution in [-0.2, 0) is 10.2 Å². The summed E-state index contributed by atoms with van der Waals surface area (Å²) in [4.78, 5) is 32.5. The van der Waals surface area contributed by atoms with Crippen molar-refractivity contribution in [2.24, 2.45) is 0 Å². The van der Waals surface area contributed by atoms with Crippen molar-refractivity contribution in [3.63, 3.8) is 0 Å². The average molecular weight is 467 g/mol. The number of anilines is 1. The molecule has 2 amide bonds. The van der Waals surface area contributed by atoms with Crippen LogP contribution in [0.5, 0.6) is 0 Å². The van der Waals surface area contributed by atoms with Gasteiger partial charge in [0.05, 0.1) is 11.0 Å². The Kier molecular flexibility index (Phi) is 5.81. The Morgan fingerprint density at radius 3 is 2.27 bits per heavy atom. The molecule has 2 atom stereocenters. The zero-order valence-electron chi connectivity index (χ0n) is 19.2. The lowest BCUT2D eigenvalue weighted by atomic mass is 9.83. The van der Waals surface area contributed by atoms with Crippen LogP contribution in [0.15, 0.2) is 42.6 Å². The molecule has 2 bridgehead atoms. The molecule has 5 rings (SSSR count). The average Bonchev–Trinajstić information content (AvgIpc) is 3.57. The number of aromatic nitrogens is 1. The van der Waals surface area contributed by atoms with Crippen molar-refractivity contribution in [1.29, 1.82) is 0 Å². The van der Waals surface area contributed by atoms with Crippen LogP contribution >= 0.6 is 11.6 Å². The highest BCUT2D eigenvalue weighted by Gasteiger charge is 2.43. The van der Waals surface area contributed by atoms with Gasteiger partial charge in [0.1, 0.15) is 5.82 Å². The first-order valence-corrected chi connectivity index (χ1v) is 12.3. The normalized spacial score (nSPS) is 24.5. The van der Waals surface area contributed by atoms with Gasteiger partial charge in [0.2, 0.25) is 5.91 Å². The number of hydrogen-bond acceptors (Lipinski definition) is 4. The third kappa shape index (κ3) is 4.45. The molecule has 3 aliphatic rings. The number of rotatable bonds is 6. The molecule has 2 saturated heterocycles. The molecule has 3 heterocycles. The van der Waals surface area contributed by atoms with Gasteiger partial charge in [-0.3, -0.25) is 9.59 Å². The fraction of sp³-hybridized carbons (Fsp3) is 0.500. The highest BCUT2D eigenvalue weighted by Crippen LogP contribution is 2.39. The van der Waals surface area contributed by atoms with E-state index < -0.39 is 5.41 Å². The van der Waals surface area contributed by atoms with E-state index in [9.17, 15) is 9.59 Å². The standard InChI is InChI=1S/C26H31ClN4O2/c1-26(2,21-5-3-4-6-22(21)27)25(33)30-18-13-19-10-11-20(14-18)31(19)23-12-7-16(15-28-23)24(32)29-17-8-9-17/h3-7,12,15,17-20H,8-11,13-14H2,1-2H3,(H,29,32)(H,30,33). The molecule has 1 aliphatic carbocycles. The summed E-state index contributed by atoms with van der Waals surface area (Å²) < 4.78 is 0. The molecule has 3 fully saturated rings. The van der Waals surface area contributed by atoms with Gasteiger partial charge in [-0.1, -0.05) is 29.8 Å². The number of nitrogens with zero attached hydrogens (tertiary/aromatic N) is 2. The monoisotopic (exact) mass is 466 g/mol. The van der Waals surface area contributed by atoms with Crippen LogP contribution < -0.4 is 15.5 Å². The molecule has 174 valence electrons. The Morgan fingerprint density at radius 1 is 0.970 bits per heavy atom. The summed E-state index contributed by atoms with van der Waals surface area (Å²) in [5.74, 6) is 0.895. The van der Waals surface area contributed by atoms with E-state index in [0.29, 0.717) is 28.7 Å². The smallest absolute Gasteiger partial charge is 0.253 e. The second-order valence-electron chi connectivity index (χ2n) is 10.2. The fourth-order valence-electron chi connectivity index (χ4n) is 5.29. The van der Waals surface area contributed by atoms with Crippen molar-refractivity contribution in [1.82, 2.24) is 15.6 Å². The maximum absolute atomic E-state index is 13.2. The largest absolute Gasteiger partial charge is 0.352 e. The van der Waals surface area contributed by atoms with Gasteiger partial charge in [-0.05, 0) is 76.1 Å². The van der Waals surface area contributed by atoms with E-state index in [1.165, 1.54) is 0 Å². The quantitative estimate of drug-likeness (QED) is 0.668. The summed E-state index contributed by atoms with van der Waals surface area (Å²) in [5.41, 5.74) is 0.758. The Hall–Kier alpha value is -2.60. The topological polar surface area (TPSA) is 74.3 Å². The Labute approximate surface area is 200 Å². The third-order valence-corrected chi connectivity index (χ3v) is 7.70. The van der Waals surface area contributed by atoms with Crippen LogP contribution in [0.2, 0.25) is 5.02 Å². The van der Waals surface area contributed by atoms with Crippen molar-refractivity contribution >= 4 is 29.2 Å². The minimum atomic E-state index is -0.701. The van der Waals surface area contributed by atoms with E-state index in [2.05, 4.69) is 20.5 Å². The van der Waals surface area contributed by atoms with Crippen LogP contribution in [0.1, 0.15) is 68.3 Å². The molecule has 2 N–H and O–H groups in total. The van der Waals surface area contributed by atoms with E-state index in [4.69, 9.17) is 11.6 Å². The van der Waals surface area contributed by atoms with E-state index in [0.717, 1.165) is 49.9 Å². The number of carbonyl (C=O) groups is 2. The number of carbonyl (C=O) groups excluding carboxylic acids is 2.